The molecule has 84 valence electrons. The fourth-order valence-electron chi connectivity index (χ4n) is 1.54. The quantitative estimate of drug-likeness (QED) is 0.803. The van der Waals surface area contributed by atoms with Gasteiger partial charge in [-0.25, -0.2) is 4.98 Å². The van der Waals surface area contributed by atoms with Crippen LogP contribution in [0.1, 0.15) is 23.9 Å². The van der Waals surface area contributed by atoms with Crippen molar-refractivity contribution in [2.75, 3.05) is 7.05 Å². The van der Waals surface area contributed by atoms with Gasteiger partial charge >= 0.3 is 0 Å². The second-order valence-corrected chi connectivity index (χ2v) is 5.01. The highest BCUT2D eigenvalue weighted by molar-refractivity contribution is 7.80. The summed E-state index contributed by atoms with van der Waals surface area (Å²) >= 11 is 6.73. The summed E-state index contributed by atoms with van der Waals surface area (Å²) in [6, 6.07) is 0.182. The van der Waals surface area contributed by atoms with Gasteiger partial charge in [-0.3, -0.25) is 4.90 Å². The van der Waals surface area contributed by atoms with Gasteiger partial charge in [0.2, 0.25) is 0 Å². The molecule has 0 aliphatic rings. The van der Waals surface area contributed by atoms with Crippen LogP contribution in [-0.2, 0) is 6.54 Å². The lowest BCUT2D eigenvalue weighted by atomic mass is 10.2. The Hall–Kier alpha value is -0.520. The summed E-state index contributed by atoms with van der Waals surface area (Å²) in [5.74, 6) is 0. The van der Waals surface area contributed by atoms with Crippen LogP contribution in [0.25, 0.3) is 0 Å². The van der Waals surface area contributed by atoms with Gasteiger partial charge in [-0.05, 0) is 20.4 Å². The standard InChI is InChI=1S/C10H17N3S2/c1-4-8(10(11)14)13(3)5-9-7(2)12-6-15-9/h6,8H,4-5H2,1-3H3,(H2,11,14). The molecule has 3 nitrogen and oxygen atoms in total. The van der Waals surface area contributed by atoms with Crippen molar-refractivity contribution >= 4 is 28.5 Å². The van der Waals surface area contributed by atoms with Crippen molar-refractivity contribution < 1.29 is 0 Å². The molecule has 1 aromatic rings. The molecule has 0 aromatic carbocycles. The van der Waals surface area contributed by atoms with Gasteiger partial charge in [0.05, 0.1) is 22.2 Å². The average molecular weight is 243 g/mol. The van der Waals surface area contributed by atoms with Crippen LogP contribution in [0.15, 0.2) is 5.51 Å². The number of hydrogen-bond acceptors (Lipinski definition) is 4. The van der Waals surface area contributed by atoms with Gasteiger partial charge < -0.3 is 5.73 Å². The van der Waals surface area contributed by atoms with Crippen LogP contribution >= 0.6 is 23.6 Å². The number of thiocarbonyl (C=S) groups is 1. The van der Waals surface area contributed by atoms with E-state index in [4.69, 9.17) is 18.0 Å². The number of aryl methyl sites for hydroxylation is 1. The van der Waals surface area contributed by atoms with Crippen LogP contribution < -0.4 is 5.73 Å². The lowest BCUT2D eigenvalue weighted by Gasteiger charge is -2.25. The van der Waals surface area contributed by atoms with Crippen molar-refractivity contribution in [3.8, 4) is 0 Å². The molecule has 0 saturated heterocycles. The van der Waals surface area contributed by atoms with Crippen LogP contribution in [-0.4, -0.2) is 28.0 Å². The van der Waals surface area contributed by atoms with E-state index in [0.29, 0.717) is 4.99 Å². The van der Waals surface area contributed by atoms with Crippen LogP contribution in [0.2, 0.25) is 0 Å². The summed E-state index contributed by atoms with van der Waals surface area (Å²) in [5, 5.41) is 0. The monoisotopic (exact) mass is 243 g/mol. The van der Waals surface area contributed by atoms with Gasteiger partial charge in [0.1, 0.15) is 0 Å². The summed E-state index contributed by atoms with van der Waals surface area (Å²) in [6.45, 7) is 4.99. The highest BCUT2D eigenvalue weighted by Gasteiger charge is 2.16. The van der Waals surface area contributed by atoms with Crippen LogP contribution in [0, 0.1) is 6.92 Å². The molecule has 0 spiro atoms. The highest BCUT2D eigenvalue weighted by atomic mass is 32.1. The van der Waals surface area contributed by atoms with Crippen LogP contribution in [0.4, 0.5) is 0 Å². The largest absolute Gasteiger partial charge is 0.392 e. The van der Waals surface area contributed by atoms with E-state index in [1.165, 1.54) is 4.88 Å². The Balaban J connectivity index is 2.66. The van der Waals surface area contributed by atoms with Gasteiger partial charge in [-0.2, -0.15) is 0 Å². The van der Waals surface area contributed by atoms with Crippen molar-refractivity contribution in [2.24, 2.45) is 5.73 Å². The Morgan fingerprint density at radius 3 is 2.80 bits per heavy atom. The summed E-state index contributed by atoms with van der Waals surface area (Å²) in [5.41, 5.74) is 8.67. The van der Waals surface area contributed by atoms with Crippen LogP contribution in [0.5, 0.6) is 0 Å². The Morgan fingerprint density at radius 2 is 2.40 bits per heavy atom. The fourth-order valence-corrected chi connectivity index (χ4v) is 2.73. The molecule has 1 rings (SSSR count). The summed E-state index contributed by atoms with van der Waals surface area (Å²) < 4.78 is 0. The molecule has 0 aliphatic heterocycles. The number of likely N-dealkylation sites (N-methyl/N-ethyl adjacent to an activating group) is 1. The number of thiazole rings is 1. The maximum absolute atomic E-state index is 5.69. The smallest absolute Gasteiger partial charge is 0.0901 e. The van der Waals surface area contributed by atoms with E-state index >= 15 is 0 Å². The van der Waals surface area contributed by atoms with Gasteiger partial charge in [0.15, 0.2) is 0 Å². The molecule has 0 bridgehead atoms. The first-order valence-electron chi connectivity index (χ1n) is 4.94. The molecule has 0 aliphatic carbocycles. The molecule has 1 aromatic heterocycles. The van der Waals surface area contributed by atoms with Crippen LogP contribution in [0.3, 0.4) is 0 Å². The number of aromatic nitrogens is 1. The number of nitrogens with zero attached hydrogens (tertiary/aromatic N) is 2. The maximum atomic E-state index is 5.69. The highest BCUT2D eigenvalue weighted by Crippen LogP contribution is 2.16. The third kappa shape index (κ3) is 3.22. The molecule has 1 atom stereocenters. The lowest BCUT2D eigenvalue weighted by molar-refractivity contribution is 0.285. The number of nitrogens with two attached hydrogens (primary N) is 1. The molecule has 1 unspecified atom stereocenters. The summed E-state index contributed by atoms with van der Waals surface area (Å²) in [7, 11) is 2.05. The van der Waals surface area contributed by atoms with E-state index in [-0.39, 0.29) is 6.04 Å². The molecule has 5 heteroatoms. The van der Waals surface area contributed by atoms with E-state index in [9.17, 15) is 0 Å². The van der Waals surface area contributed by atoms with Gasteiger partial charge in [-0.1, -0.05) is 19.1 Å². The van der Waals surface area contributed by atoms with Crippen molar-refractivity contribution in [1.82, 2.24) is 9.88 Å². The first-order valence-corrected chi connectivity index (χ1v) is 6.23. The average Bonchev–Trinajstić information content (AvgIpc) is 2.52. The molecule has 0 radical (unpaired) electrons. The number of rotatable bonds is 5. The second-order valence-electron chi connectivity index (χ2n) is 3.60. The van der Waals surface area contributed by atoms with E-state index in [0.717, 1.165) is 18.7 Å². The predicted molar refractivity (Wildman–Crippen MR) is 69.2 cm³/mol. The Kier molecular flexibility index (Phi) is 4.63. The normalized spacial score (nSPS) is 13.1. The third-order valence-electron chi connectivity index (χ3n) is 2.49. The summed E-state index contributed by atoms with van der Waals surface area (Å²) in [6.07, 6.45) is 0.948. The zero-order valence-corrected chi connectivity index (χ0v) is 11.0. The topological polar surface area (TPSA) is 42.1 Å². The third-order valence-corrected chi connectivity index (χ3v) is 3.68. The van der Waals surface area contributed by atoms with Gasteiger partial charge in [-0.15, -0.1) is 11.3 Å². The van der Waals surface area contributed by atoms with E-state index in [2.05, 4.69) is 16.8 Å². The SMILES string of the molecule is CCC(C(N)=S)N(C)Cc1scnc1C. The molecule has 0 fully saturated rings. The number of hydrogen-bond donors (Lipinski definition) is 1. The fraction of sp³-hybridized carbons (Fsp3) is 0.600. The molecule has 15 heavy (non-hydrogen) atoms. The molecule has 0 saturated carbocycles. The van der Waals surface area contributed by atoms with Crippen molar-refractivity contribution in [3.63, 3.8) is 0 Å². The van der Waals surface area contributed by atoms with E-state index < -0.39 is 0 Å². The minimum absolute atomic E-state index is 0.182. The Labute approximate surface area is 100 Å². The summed E-state index contributed by atoms with van der Waals surface area (Å²) in [4.78, 5) is 8.27. The molecule has 2 N–H and O–H groups in total. The predicted octanol–water partition coefficient (Wildman–Crippen LogP) is 1.95. The van der Waals surface area contributed by atoms with E-state index in [1.807, 2.05) is 19.5 Å². The Morgan fingerprint density at radius 1 is 1.73 bits per heavy atom. The maximum Gasteiger partial charge on any atom is 0.0901 e. The van der Waals surface area contributed by atoms with Crippen molar-refractivity contribution in [1.29, 1.82) is 0 Å². The minimum atomic E-state index is 0.182. The van der Waals surface area contributed by atoms with Crippen molar-refractivity contribution in [2.45, 2.75) is 32.9 Å². The molecular formula is C10H17N3S2. The van der Waals surface area contributed by atoms with Gasteiger partial charge in [0.25, 0.3) is 0 Å². The zero-order valence-electron chi connectivity index (χ0n) is 9.36. The van der Waals surface area contributed by atoms with Gasteiger partial charge in [0, 0.05) is 11.4 Å². The van der Waals surface area contributed by atoms with E-state index in [1.54, 1.807) is 11.3 Å². The first-order chi connectivity index (χ1) is 7.06. The van der Waals surface area contributed by atoms with Crippen molar-refractivity contribution in [3.05, 3.63) is 16.1 Å². The molecule has 1 heterocycles. The second kappa shape index (κ2) is 5.53. The first kappa shape index (κ1) is 12.5. The molecule has 0 amide bonds. The Bertz CT molecular complexity index is 335. The zero-order chi connectivity index (χ0) is 11.4. The minimum Gasteiger partial charge on any atom is -0.392 e. The molecular weight excluding hydrogens is 226 g/mol. The lowest BCUT2D eigenvalue weighted by Crippen LogP contribution is -2.40.